The standard InChI is InChI=1S/C9H10ClFN2O/c10-6-2-1-5(3-7(6)11)4-8(12)9(13)14/h1-3,8H,4,12H2,(H2,13,14). The van der Waals surface area contributed by atoms with E-state index in [2.05, 4.69) is 0 Å². The Kier molecular flexibility index (Phi) is 3.43. The molecule has 4 N–H and O–H groups in total. The summed E-state index contributed by atoms with van der Waals surface area (Å²) in [5.41, 5.74) is 11.0. The van der Waals surface area contributed by atoms with Crippen LogP contribution in [0.1, 0.15) is 5.56 Å². The van der Waals surface area contributed by atoms with Crippen molar-refractivity contribution >= 4 is 17.5 Å². The molecule has 1 rings (SSSR count). The second-order valence-electron chi connectivity index (χ2n) is 2.96. The SMILES string of the molecule is NC(=O)C(N)Cc1ccc(Cl)c(F)c1. The van der Waals surface area contributed by atoms with E-state index in [-0.39, 0.29) is 11.4 Å². The smallest absolute Gasteiger partial charge is 0.234 e. The molecule has 0 saturated heterocycles. The number of hydrogen-bond acceptors (Lipinski definition) is 2. The highest BCUT2D eigenvalue weighted by molar-refractivity contribution is 6.30. The van der Waals surface area contributed by atoms with Gasteiger partial charge in [0.05, 0.1) is 11.1 Å². The molecule has 1 aromatic rings. The molecule has 14 heavy (non-hydrogen) atoms. The van der Waals surface area contributed by atoms with Crippen LogP contribution in [0.25, 0.3) is 0 Å². The van der Waals surface area contributed by atoms with E-state index in [1.807, 2.05) is 0 Å². The van der Waals surface area contributed by atoms with Gasteiger partial charge in [0, 0.05) is 0 Å². The Morgan fingerprint density at radius 1 is 1.57 bits per heavy atom. The molecule has 0 radical (unpaired) electrons. The van der Waals surface area contributed by atoms with E-state index in [4.69, 9.17) is 23.1 Å². The lowest BCUT2D eigenvalue weighted by Gasteiger charge is -2.07. The summed E-state index contributed by atoms with van der Waals surface area (Å²) in [4.78, 5) is 10.6. The first-order chi connectivity index (χ1) is 6.50. The molecule has 5 heteroatoms. The maximum atomic E-state index is 12.9. The molecule has 1 amide bonds. The van der Waals surface area contributed by atoms with E-state index in [1.54, 1.807) is 6.07 Å². The van der Waals surface area contributed by atoms with Gasteiger partial charge in [0.1, 0.15) is 5.82 Å². The van der Waals surface area contributed by atoms with Crippen LogP contribution in [0.2, 0.25) is 5.02 Å². The van der Waals surface area contributed by atoms with E-state index in [1.165, 1.54) is 12.1 Å². The summed E-state index contributed by atoms with van der Waals surface area (Å²) in [6.07, 6.45) is 0.212. The Hall–Kier alpha value is -1.13. The van der Waals surface area contributed by atoms with Crippen LogP contribution in [0.4, 0.5) is 4.39 Å². The van der Waals surface area contributed by atoms with Gasteiger partial charge in [-0.05, 0) is 24.1 Å². The zero-order chi connectivity index (χ0) is 10.7. The zero-order valence-electron chi connectivity index (χ0n) is 7.34. The van der Waals surface area contributed by atoms with E-state index in [0.717, 1.165) is 0 Å². The summed E-state index contributed by atoms with van der Waals surface area (Å²) in [7, 11) is 0. The second-order valence-corrected chi connectivity index (χ2v) is 3.37. The van der Waals surface area contributed by atoms with Crippen molar-refractivity contribution in [1.82, 2.24) is 0 Å². The minimum atomic E-state index is -0.796. The van der Waals surface area contributed by atoms with Crippen molar-refractivity contribution in [2.75, 3.05) is 0 Å². The molecule has 0 aromatic heterocycles. The number of hydrogen-bond donors (Lipinski definition) is 2. The number of benzene rings is 1. The molecule has 1 aromatic carbocycles. The topological polar surface area (TPSA) is 69.1 Å². The molecule has 0 aliphatic heterocycles. The lowest BCUT2D eigenvalue weighted by molar-refractivity contribution is -0.119. The van der Waals surface area contributed by atoms with Crippen LogP contribution < -0.4 is 11.5 Å². The fourth-order valence-corrected chi connectivity index (χ4v) is 1.14. The van der Waals surface area contributed by atoms with Gasteiger partial charge >= 0.3 is 0 Å². The Balaban J connectivity index is 2.78. The third-order valence-corrected chi connectivity index (χ3v) is 2.11. The normalized spacial score (nSPS) is 12.5. The Morgan fingerprint density at radius 3 is 2.71 bits per heavy atom. The number of primary amides is 1. The molecule has 0 bridgehead atoms. The summed E-state index contributed by atoms with van der Waals surface area (Å²) < 4.78 is 12.9. The van der Waals surface area contributed by atoms with Crippen molar-refractivity contribution in [2.45, 2.75) is 12.5 Å². The lowest BCUT2D eigenvalue weighted by atomic mass is 10.1. The van der Waals surface area contributed by atoms with Crippen molar-refractivity contribution in [1.29, 1.82) is 0 Å². The van der Waals surface area contributed by atoms with Gasteiger partial charge < -0.3 is 11.5 Å². The van der Waals surface area contributed by atoms with E-state index >= 15 is 0 Å². The van der Waals surface area contributed by atoms with E-state index < -0.39 is 17.8 Å². The number of amides is 1. The molecule has 0 heterocycles. The fraction of sp³-hybridized carbons (Fsp3) is 0.222. The third kappa shape index (κ3) is 2.68. The van der Waals surface area contributed by atoms with Crippen LogP contribution in [0.5, 0.6) is 0 Å². The van der Waals surface area contributed by atoms with Crippen LogP contribution in [0, 0.1) is 5.82 Å². The van der Waals surface area contributed by atoms with Crippen LogP contribution >= 0.6 is 11.6 Å². The summed E-state index contributed by atoms with van der Waals surface area (Å²) in [6.45, 7) is 0. The number of nitrogens with two attached hydrogens (primary N) is 2. The number of carbonyl (C=O) groups excluding carboxylic acids is 1. The molecule has 0 saturated carbocycles. The average molecular weight is 217 g/mol. The van der Waals surface area contributed by atoms with Crippen molar-refractivity contribution in [3.05, 3.63) is 34.6 Å². The molecule has 0 fully saturated rings. The number of rotatable bonds is 3. The Labute approximate surface area is 85.8 Å². The van der Waals surface area contributed by atoms with Crippen molar-refractivity contribution < 1.29 is 9.18 Å². The molecule has 3 nitrogen and oxygen atoms in total. The molecular formula is C9H10ClFN2O. The van der Waals surface area contributed by atoms with Gasteiger partial charge in [0.15, 0.2) is 0 Å². The molecule has 0 aliphatic rings. The van der Waals surface area contributed by atoms with Crippen molar-refractivity contribution in [2.24, 2.45) is 11.5 Å². The Morgan fingerprint density at radius 2 is 2.21 bits per heavy atom. The molecule has 1 atom stereocenters. The van der Waals surface area contributed by atoms with Gasteiger partial charge in [0.2, 0.25) is 5.91 Å². The highest BCUT2D eigenvalue weighted by Crippen LogP contribution is 2.16. The summed E-state index contributed by atoms with van der Waals surface area (Å²) in [6, 6.07) is 3.47. The predicted molar refractivity (Wildman–Crippen MR) is 52.3 cm³/mol. The summed E-state index contributed by atoms with van der Waals surface area (Å²) >= 11 is 5.48. The molecular weight excluding hydrogens is 207 g/mol. The van der Waals surface area contributed by atoms with Gasteiger partial charge in [-0.3, -0.25) is 4.79 Å². The number of carbonyl (C=O) groups is 1. The maximum absolute atomic E-state index is 12.9. The lowest BCUT2D eigenvalue weighted by Crippen LogP contribution is -2.38. The first-order valence-electron chi connectivity index (χ1n) is 3.99. The second kappa shape index (κ2) is 4.39. The van der Waals surface area contributed by atoms with Gasteiger partial charge in [-0.2, -0.15) is 0 Å². The fourth-order valence-electron chi connectivity index (χ4n) is 1.02. The first kappa shape index (κ1) is 10.9. The van der Waals surface area contributed by atoms with Crippen LogP contribution in [0.15, 0.2) is 18.2 Å². The van der Waals surface area contributed by atoms with Gasteiger partial charge in [-0.25, -0.2) is 4.39 Å². The molecule has 0 spiro atoms. The maximum Gasteiger partial charge on any atom is 0.234 e. The van der Waals surface area contributed by atoms with Gasteiger partial charge in [0.25, 0.3) is 0 Å². The largest absolute Gasteiger partial charge is 0.368 e. The Bertz CT molecular complexity index is 357. The highest BCUT2D eigenvalue weighted by atomic mass is 35.5. The highest BCUT2D eigenvalue weighted by Gasteiger charge is 2.10. The van der Waals surface area contributed by atoms with Crippen molar-refractivity contribution in [3.8, 4) is 0 Å². The third-order valence-electron chi connectivity index (χ3n) is 1.81. The van der Waals surface area contributed by atoms with E-state index in [0.29, 0.717) is 5.56 Å². The first-order valence-corrected chi connectivity index (χ1v) is 4.37. The quantitative estimate of drug-likeness (QED) is 0.786. The summed E-state index contributed by atoms with van der Waals surface area (Å²) in [5, 5.41) is 0.0430. The van der Waals surface area contributed by atoms with Crippen molar-refractivity contribution in [3.63, 3.8) is 0 Å². The van der Waals surface area contributed by atoms with Gasteiger partial charge in [-0.15, -0.1) is 0 Å². The van der Waals surface area contributed by atoms with Crippen LogP contribution in [-0.4, -0.2) is 11.9 Å². The molecule has 76 valence electrons. The number of halogens is 2. The molecule has 1 unspecified atom stereocenters. The average Bonchev–Trinajstić information content (AvgIpc) is 2.11. The predicted octanol–water partition coefficient (Wildman–Crippen LogP) is 0.834. The monoisotopic (exact) mass is 216 g/mol. The minimum Gasteiger partial charge on any atom is -0.368 e. The van der Waals surface area contributed by atoms with E-state index in [9.17, 15) is 9.18 Å². The summed E-state index contributed by atoms with van der Waals surface area (Å²) in [5.74, 6) is -1.14. The zero-order valence-corrected chi connectivity index (χ0v) is 8.09. The molecule has 0 aliphatic carbocycles. The minimum absolute atomic E-state index is 0.0430. The van der Waals surface area contributed by atoms with Crippen LogP contribution in [-0.2, 0) is 11.2 Å². The van der Waals surface area contributed by atoms with Gasteiger partial charge in [-0.1, -0.05) is 17.7 Å². The van der Waals surface area contributed by atoms with Crippen LogP contribution in [0.3, 0.4) is 0 Å².